The van der Waals surface area contributed by atoms with Crippen LogP contribution >= 0.6 is 0 Å². The van der Waals surface area contributed by atoms with E-state index in [9.17, 15) is 22.4 Å². The Morgan fingerprint density at radius 3 is 2.09 bits per heavy atom. The number of benzene rings is 2. The number of carbonyl (C=O) groups excluding carboxylic acids is 1. The monoisotopic (exact) mass is 539 g/mol. The molecule has 0 saturated carbocycles. The molecule has 0 bridgehead atoms. The molecule has 2 aromatic rings. The fourth-order valence-corrected chi connectivity index (χ4v) is 3.31. The van der Waals surface area contributed by atoms with Crippen molar-refractivity contribution in [2.45, 2.75) is 38.8 Å². The van der Waals surface area contributed by atoms with Crippen molar-refractivity contribution in [1.29, 1.82) is 0 Å². The van der Waals surface area contributed by atoms with E-state index in [1.54, 1.807) is 0 Å². The van der Waals surface area contributed by atoms with Crippen molar-refractivity contribution in [3.8, 4) is 0 Å². The van der Waals surface area contributed by atoms with Gasteiger partial charge in [-0.25, -0.2) is 4.39 Å². The molecule has 0 heterocycles. The number of rotatable bonds is 8. The molecule has 2 atom stereocenters. The Balaban J connectivity index is 0. The second-order valence-electron chi connectivity index (χ2n) is 7.92. The van der Waals surface area contributed by atoms with E-state index in [1.165, 1.54) is 0 Å². The molecule has 1 amide bonds. The standard InChI is InChI=1S/C23H27F4N2O.CH2O2.Cr.H2O/c1-14(2)11-17(12-15(3)16-5-8-19(28-4)9-6-16)22(30)29-21-10-7-18(13-20(21)24)23(25,26)27;2-1-3;;/h5-10,13-15,17,28H,3,11-12H2,1-2,4H3,(H,29,30);1H,(H,2,3);;1H2/q-1;;;. The third-order valence-corrected chi connectivity index (χ3v) is 4.92. The van der Waals surface area contributed by atoms with Crippen molar-refractivity contribution in [2.24, 2.45) is 11.8 Å². The fourth-order valence-electron chi connectivity index (χ4n) is 3.31. The van der Waals surface area contributed by atoms with Gasteiger partial charge in [0.05, 0.1) is 11.3 Å². The number of nitrogens with one attached hydrogen (secondary N) is 2. The van der Waals surface area contributed by atoms with Crippen LogP contribution in [0.4, 0.5) is 28.9 Å². The molecule has 11 heteroatoms. The van der Waals surface area contributed by atoms with Gasteiger partial charge in [-0.3, -0.25) is 9.59 Å². The Morgan fingerprint density at radius 1 is 1.11 bits per heavy atom. The SMILES string of the molecule is O.O=CO.[CH2-]C(CC(CC(C)C)C(=O)Nc1ccc(C(F)(F)F)cc1F)c1ccc(NC)cc1.[Cr]. The maximum Gasteiger partial charge on any atom is 0.416 e. The quantitative estimate of drug-likeness (QED) is 0.238. The van der Waals surface area contributed by atoms with Gasteiger partial charge in [-0.05, 0) is 42.7 Å². The molecule has 35 heavy (non-hydrogen) atoms. The van der Waals surface area contributed by atoms with E-state index in [2.05, 4.69) is 17.6 Å². The average molecular weight is 540 g/mol. The van der Waals surface area contributed by atoms with Gasteiger partial charge in [0, 0.05) is 36.0 Å². The van der Waals surface area contributed by atoms with E-state index in [-0.39, 0.29) is 46.8 Å². The van der Waals surface area contributed by atoms with Gasteiger partial charge in [0.15, 0.2) is 0 Å². The van der Waals surface area contributed by atoms with Crippen LogP contribution in [0.1, 0.15) is 43.7 Å². The zero-order valence-corrected chi connectivity index (χ0v) is 20.9. The summed E-state index contributed by atoms with van der Waals surface area (Å²) in [4.78, 5) is 21.2. The number of carboxylic acid groups (broad SMARTS) is 1. The summed E-state index contributed by atoms with van der Waals surface area (Å²) < 4.78 is 52.3. The minimum absolute atomic E-state index is 0. The predicted molar refractivity (Wildman–Crippen MR) is 124 cm³/mol. The number of hydrogen-bond donors (Lipinski definition) is 3. The van der Waals surface area contributed by atoms with E-state index < -0.39 is 29.4 Å². The molecule has 0 aliphatic rings. The molecule has 0 spiro atoms. The summed E-state index contributed by atoms with van der Waals surface area (Å²) >= 11 is 0. The number of hydrogen-bond acceptors (Lipinski definition) is 3. The summed E-state index contributed by atoms with van der Waals surface area (Å²) in [5, 5.41) is 12.4. The van der Waals surface area contributed by atoms with E-state index in [0.717, 1.165) is 23.4 Å². The third-order valence-electron chi connectivity index (χ3n) is 4.92. The normalized spacial score (nSPS) is 12.1. The van der Waals surface area contributed by atoms with Crippen molar-refractivity contribution >= 4 is 23.8 Å². The van der Waals surface area contributed by atoms with Crippen LogP contribution in [0.15, 0.2) is 42.5 Å². The molecule has 0 saturated heterocycles. The van der Waals surface area contributed by atoms with Crippen LogP contribution in [0.5, 0.6) is 0 Å². The Morgan fingerprint density at radius 2 is 1.66 bits per heavy atom. The van der Waals surface area contributed by atoms with E-state index in [0.29, 0.717) is 18.9 Å². The Kier molecular flexibility index (Phi) is 15.9. The first kappa shape index (κ1) is 34.6. The zero-order valence-electron chi connectivity index (χ0n) is 19.7. The summed E-state index contributed by atoms with van der Waals surface area (Å²) in [5.74, 6) is -1.96. The summed E-state index contributed by atoms with van der Waals surface area (Å²) in [5.41, 5.74) is 0.566. The van der Waals surface area contributed by atoms with Crippen LogP contribution in [0.2, 0.25) is 0 Å². The van der Waals surface area contributed by atoms with Crippen molar-refractivity contribution in [3.05, 3.63) is 66.3 Å². The second-order valence-corrected chi connectivity index (χ2v) is 7.92. The molecule has 6 nitrogen and oxygen atoms in total. The molecular formula is C24H31CrF4N2O4-. The molecule has 5 N–H and O–H groups in total. The van der Waals surface area contributed by atoms with Gasteiger partial charge in [0.2, 0.25) is 5.91 Å². The predicted octanol–water partition coefficient (Wildman–Crippen LogP) is 5.37. The minimum Gasteiger partial charge on any atom is -0.483 e. The fraction of sp³-hybridized carbons (Fsp3) is 0.375. The number of halogens is 4. The van der Waals surface area contributed by atoms with Crippen LogP contribution in [0.25, 0.3) is 0 Å². The van der Waals surface area contributed by atoms with Gasteiger partial charge >= 0.3 is 6.18 Å². The van der Waals surface area contributed by atoms with Crippen LogP contribution < -0.4 is 10.6 Å². The van der Waals surface area contributed by atoms with Crippen molar-refractivity contribution in [2.75, 3.05) is 17.7 Å². The molecule has 196 valence electrons. The zero-order chi connectivity index (χ0) is 25.2. The molecule has 0 aliphatic carbocycles. The third kappa shape index (κ3) is 11.6. The summed E-state index contributed by atoms with van der Waals surface area (Å²) in [6.45, 7) is 7.85. The molecule has 0 radical (unpaired) electrons. The van der Waals surface area contributed by atoms with Gasteiger partial charge in [0.25, 0.3) is 6.47 Å². The van der Waals surface area contributed by atoms with Gasteiger partial charge in [-0.2, -0.15) is 13.2 Å². The Hall–Kier alpha value is -2.61. The first-order valence-corrected chi connectivity index (χ1v) is 10.3. The number of carbonyl (C=O) groups is 2. The average Bonchev–Trinajstić information content (AvgIpc) is 2.74. The summed E-state index contributed by atoms with van der Waals surface area (Å²) in [7, 11) is 1.82. The van der Waals surface area contributed by atoms with Gasteiger partial charge in [-0.1, -0.05) is 38.0 Å². The first-order valence-electron chi connectivity index (χ1n) is 10.3. The van der Waals surface area contributed by atoms with Crippen LogP contribution in [-0.4, -0.2) is 30.0 Å². The van der Waals surface area contributed by atoms with Gasteiger partial charge in [-0.15, -0.1) is 5.92 Å². The maximum atomic E-state index is 14.1. The number of alkyl halides is 3. The van der Waals surface area contributed by atoms with E-state index in [1.807, 2.05) is 45.2 Å². The first-order chi connectivity index (χ1) is 15.4. The number of anilines is 2. The molecule has 2 rings (SSSR count). The van der Waals surface area contributed by atoms with Crippen LogP contribution in [-0.2, 0) is 33.1 Å². The van der Waals surface area contributed by atoms with Crippen LogP contribution in [0.3, 0.4) is 0 Å². The topological polar surface area (TPSA) is 110 Å². The summed E-state index contributed by atoms with van der Waals surface area (Å²) in [6, 6.07) is 9.79. The molecule has 2 unspecified atom stereocenters. The molecule has 0 fully saturated rings. The Bertz CT molecular complexity index is 909. The Labute approximate surface area is 213 Å². The van der Waals surface area contributed by atoms with Crippen molar-refractivity contribution < 1.29 is 55.1 Å². The van der Waals surface area contributed by atoms with Crippen molar-refractivity contribution in [1.82, 2.24) is 0 Å². The van der Waals surface area contributed by atoms with Crippen molar-refractivity contribution in [3.63, 3.8) is 0 Å². The largest absolute Gasteiger partial charge is 0.483 e. The molecule has 2 aromatic carbocycles. The van der Waals surface area contributed by atoms with Gasteiger partial charge in [0.1, 0.15) is 5.82 Å². The smallest absolute Gasteiger partial charge is 0.416 e. The number of amides is 1. The second kappa shape index (κ2) is 16.1. The molecular weight excluding hydrogens is 508 g/mol. The molecule has 0 aliphatic heterocycles. The minimum atomic E-state index is -4.65. The van der Waals surface area contributed by atoms with E-state index >= 15 is 0 Å². The van der Waals surface area contributed by atoms with Crippen LogP contribution in [0, 0.1) is 24.6 Å². The van der Waals surface area contributed by atoms with Gasteiger partial charge < -0.3 is 28.1 Å². The van der Waals surface area contributed by atoms with E-state index in [4.69, 9.17) is 9.90 Å². The maximum absolute atomic E-state index is 14.1. The summed E-state index contributed by atoms with van der Waals surface area (Å²) in [6.07, 6.45) is -3.66. The molecule has 0 aromatic heterocycles.